The molecule has 0 saturated heterocycles. The lowest BCUT2D eigenvalue weighted by Gasteiger charge is -2.27. The number of aliphatic carboxylic acids is 1. The molecule has 3 rings (SSSR count). The van der Waals surface area contributed by atoms with Crippen LogP contribution in [0.25, 0.3) is 21.5 Å². The lowest BCUT2D eigenvalue weighted by Crippen LogP contribution is -2.42. The molecule has 0 fully saturated rings. The highest BCUT2D eigenvalue weighted by Crippen LogP contribution is 2.29. The first-order valence-corrected chi connectivity index (χ1v) is 31.2. The van der Waals surface area contributed by atoms with Crippen molar-refractivity contribution in [3.63, 3.8) is 0 Å². The van der Waals surface area contributed by atoms with Crippen LogP contribution in [0.4, 0.5) is 0 Å². The molecule has 0 aliphatic heterocycles. The van der Waals surface area contributed by atoms with Gasteiger partial charge < -0.3 is 65.8 Å². The molecule has 75 heavy (non-hydrogen) atoms. The second-order valence-electron chi connectivity index (χ2n) is 18.5. The SMILES string of the molecule is NCCSCCCOCC(O)CN(CCSCCCOCC(O)CC(=O)CCC(=O)O)CC(O)COCCCSCCN(CC(O)COCCCSCCN)CC(O)COCc1c2ccccc2cc2ccccc12. The third-order valence-electron chi connectivity index (χ3n) is 11.6. The van der Waals surface area contributed by atoms with Crippen molar-refractivity contribution in [1.29, 1.82) is 0 Å². The number of aliphatic hydroxyl groups excluding tert-OH is 5. The maximum atomic E-state index is 11.8. The van der Waals surface area contributed by atoms with Crippen molar-refractivity contribution in [2.24, 2.45) is 11.5 Å². The molecule has 17 nitrogen and oxygen atoms in total. The van der Waals surface area contributed by atoms with Crippen molar-refractivity contribution in [3.05, 3.63) is 60.2 Å². The fourth-order valence-corrected chi connectivity index (χ4v) is 11.3. The van der Waals surface area contributed by atoms with Gasteiger partial charge in [0, 0.05) is 115 Å². The van der Waals surface area contributed by atoms with Gasteiger partial charge in [-0.2, -0.15) is 47.0 Å². The zero-order valence-electron chi connectivity index (χ0n) is 44.1. The summed E-state index contributed by atoms with van der Waals surface area (Å²) < 4.78 is 29.2. The average molecular weight is 1130 g/mol. The molecule has 0 amide bonds. The zero-order valence-corrected chi connectivity index (χ0v) is 47.4. The number of Topliss-reactive ketones (excluding diaryl/α,β-unsaturated/α-hetero) is 1. The first kappa shape index (κ1) is 67.4. The summed E-state index contributed by atoms with van der Waals surface area (Å²) in [7, 11) is 0. The number of fused-ring (bicyclic) bond motifs is 2. The number of carboxylic acids is 1. The number of carbonyl (C=O) groups excluding carboxylic acids is 1. The van der Waals surface area contributed by atoms with E-state index in [1.54, 1.807) is 47.0 Å². The molecular formula is C54H90N4O13S4. The van der Waals surface area contributed by atoms with Crippen molar-refractivity contribution in [1.82, 2.24) is 9.80 Å². The molecule has 428 valence electrons. The number of nitrogens with zero attached hydrogens (tertiary/aromatic N) is 2. The van der Waals surface area contributed by atoms with Crippen LogP contribution in [0.2, 0.25) is 0 Å². The predicted octanol–water partition coefficient (Wildman–Crippen LogP) is 4.22. The van der Waals surface area contributed by atoms with Crippen LogP contribution < -0.4 is 11.5 Å². The molecule has 3 aromatic rings. The Morgan fingerprint density at radius 1 is 0.493 bits per heavy atom. The summed E-state index contributed by atoms with van der Waals surface area (Å²) in [6, 6.07) is 18.8. The second-order valence-corrected chi connectivity index (χ2v) is 23.4. The van der Waals surface area contributed by atoms with Crippen LogP contribution in [0.15, 0.2) is 54.6 Å². The summed E-state index contributed by atoms with van der Waals surface area (Å²) in [6.45, 7) is 7.05. The maximum Gasteiger partial charge on any atom is 0.303 e. The molecule has 5 unspecified atom stereocenters. The first-order valence-electron chi connectivity index (χ1n) is 26.6. The van der Waals surface area contributed by atoms with E-state index in [1.807, 2.05) is 29.2 Å². The minimum Gasteiger partial charge on any atom is -0.481 e. The summed E-state index contributed by atoms with van der Waals surface area (Å²) in [5.74, 6) is 5.57. The van der Waals surface area contributed by atoms with Crippen LogP contribution in [0.1, 0.15) is 50.5 Å². The van der Waals surface area contributed by atoms with Gasteiger partial charge in [0.25, 0.3) is 0 Å². The molecule has 0 aliphatic rings. The molecule has 10 N–H and O–H groups in total. The quantitative estimate of drug-likeness (QED) is 0.0291. The van der Waals surface area contributed by atoms with E-state index in [0.29, 0.717) is 85.4 Å². The smallest absolute Gasteiger partial charge is 0.303 e. The van der Waals surface area contributed by atoms with E-state index in [1.165, 1.54) is 0 Å². The number of carbonyl (C=O) groups is 2. The van der Waals surface area contributed by atoms with E-state index < -0.39 is 36.5 Å². The fraction of sp³-hybridized carbons (Fsp3) is 0.704. The van der Waals surface area contributed by atoms with Gasteiger partial charge in [-0.1, -0.05) is 48.5 Å². The van der Waals surface area contributed by atoms with Crippen molar-refractivity contribution >= 4 is 80.3 Å². The topological polar surface area (TPSA) is 260 Å². The van der Waals surface area contributed by atoms with Gasteiger partial charge in [0.05, 0.1) is 76.6 Å². The van der Waals surface area contributed by atoms with Crippen molar-refractivity contribution in [2.45, 2.75) is 82.1 Å². The summed E-state index contributed by atoms with van der Waals surface area (Å²) in [6.07, 6.45) is -1.12. The number of carboxylic acid groups (broad SMARTS) is 1. The Kier molecular flexibility index (Phi) is 39.5. The van der Waals surface area contributed by atoms with Crippen LogP contribution in [0.5, 0.6) is 0 Å². The number of benzene rings is 3. The van der Waals surface area contributed by atoms with E-state index in [0.717, 1.165) is 98.8 Å². The lowest BCUT2D eigenvalue weighted by atomic mass is 9.97. The third kappa shape index (κ3) is 33.4. The molecule has 0 spiro atoms. The normalized spacial score (nSPS) is 14.0. The molecule has 0 aliphatic carbocycles. The highest BCUT2D eigenvalue weighted by molar-refractivity contribution is 7.99. The van der Waals surface area contributed by atoms with Gasteiger partial charge in [0.15, 0.2) is 0 Å². The van der Waals surface area contributed by atoms with Crippen molar-refractivity contribution < 1.29 is 63.9 Å². The number of hydrogen-bond donors (Lipinski definition) is 8. The molecule has 0 aromatic heterocycles. The highest BCUT2D eigenvalue weighted by atomic mass is 32.2. The van der Waals surface area contributed by atoms with Gasteiger partial charge in [-0.25, -0.2) is 0 Å². The molecule has 0 bridgehead atoms. The van der Waals surface area contributed by atoms with Crippen LogP contribution in [0, 0.1) is 0 Å². The Hall–Kier alpha value is -1.84. The van der Waals surface area contributed by atoms with Crippen LogP contribution in [-0.2, 0) is 39.9 Å². The molecular weight excluding hydrogens is 1040 g/mol. The fourth-order valence-electron chi connectivity index (χ4n) is 8.04. The maximum absolute atomic E-state index is 11.8. The average Bonchev–Trinajstić information content (AvgIpc) is 3.38. The van der Waals surface area contributed by atoms with Gasteiger partial charge >= 0.3 is 5.97 Å². The zero-order chi connectivity index (χ0) is 54.1. The van der Waals surface area contributed by atoms with E-state index >= 15 is 0 Å². The minimum absolute atomic E-state index is 0.0102. The summed E-state index contributed by atoms with van der Waals surface area (Å²) in [5, 5.41) is 67.4. The Morgan fingerprint density at radius 3 is 1.27 bits per heavy atom. The van der Waals surface area contributed by atoms with Gasteiger partial charge in [0.1, 0.15) is 5.78 Å². The Labute approximate surface area is 463 Å². The molecule has 3 aromatic carbocycles. The summed E-state index contributed by atoms with van der Waals surface area (Å²) >= 11 is 7.06. The molecule has 21 heteroatoms. The molecule has 5 atom stereocenters. The van der Waals surface area contributed by atoms with Gasteiger partial charge in [-0.15, -0.1) is 0 Å². The van der Waals surface area contributed by atoms with E-state index in [-0.39, 0.29) is 58.1 Å². The monoisotopic (exact) mass is 1130 g/mol. The van der Waals surface area contributed by atoms with Crippen molar-refractivity contribution in [3.8, 4) is 0 Å². The molecule has 0 heterocycles. The molecule has 0 saturated carbocycles. The Bertz CT molecular complexity index is 1860. The highest BCUT2D eigenvalue weighted by Gasteiger charge is 2.19. The number of rotatable bonds is 51. The number of ether oxygens (including phenoxy) is 5. The largest absolute Gasteiger partial charge is 0.481 e. The van der Waals surface area contributed by atoms with E-state index in [4.69, 9.17) is 40.3 Å². The number of aliphatic hydroxyl groups is 5. The van der Waals surface area contributed by atoms with Crippen LogP contribution >= 0.6 is 47.0 Å². The number of nitrogens with two attached hydrogens (primary N) is 2. The molecule has 0 radical (unpaired) electrons. The summed E-state index contributed by atoms with van der Waals surface area (Å²) in [4.78, 5) is 26.6. The Balaban J connectivity index is 1.40. The number of thioether (sulfide) groups is 4. The van der Waals surface area contributed by atoms with Crippen LogP contribution in [-0.4, -0.2) is 241 Å². The lowest BCUT2D eigenvalue weighted by molar-refractivity contribution is -0.138. The Morgan fingerprint density at radius 2 is 0.867 bits per heavy atom. The number of ketones is 1. The third-order valence-corrected chi connectivity index (χ3v) is 15.9. The van der Waals surface area contributed by atoms with Gasteiger partial charge in [-0.05, 0) is 81.9 Å². The van der Waals surface area contributed by atoms with Gasteiger partial charge in [0.2, 0.25) is 0 Å². The minimum atomic E-state index is -1.05. The standard InChI is InChI=1S/C54H90N4O13S4/c55-15-27-72-23-5-20-68-38-47(61)33-57(17-29-74-25-7-19-67-37-46(60)32-45(59)13-14-54(65)66)34-48(62)40-70-22-8-26-75-30-18-58(35-49(63)39-69-21-6-24-73-28-16-56)36-50(64)41-71-42-53-51-11-3-1-9-43(51)31-44-10-2-4-12-52(44)53/h1-4,9-12,31,46-50,60-64H,5-8,13-30,32-42,55-56H2,(H,65,66). The van der Waals surface area contributed by atoms with E-state index in [9.17, 15) is 35.1 Å². The summed E-state index contributed by atoms with van der Waals surface area (Å²) in [5.41, 5.74) is 12.3. The van der Waals surface area contributed by atoms with E-state index in [2.05, 4.69) is 35.2 Å². The predicted molar refractivity (Wildman–Crippen MR) is 310 cm³/mol. The van der Waals surface area contributed by atoms with Crippen LogP contribution in [0.3, 0.4) is 0 Å². The van der Waals surface area contributed by atoms with Crippen molar-refractivity contribution in [2.75, 3.05) is 158 Å². The second kappa shape index (κ2) is 44.0. The van der Waals surface area contributed by atoms with Gasteiger partial charge in [-0.3, -0.25) is 19.4 Å². The number of hydrogen-bond acceptors (Lipinski definition) is 20. The first-order chi connectivity index (χ1) is 36.5.